The normalized spacial score (nSPS) is 11.9. The van der Waals surface area contributed by atoms with Crippen LogP contribution >= 0.6 is 11.6 Å². The van der Waals surface area contributed by atoms with Crippen LogP contribution in [0.3, 0.4) is 0 Å². The first-order valence-electron chi connectivity index (χ1n) is 9.74. The molecule has 2 aromatic carbocycles. The Morgan fingerprint density at radius 1 is 1.24 bits per heavy atom. The number of nitrogens with two attached hydrogens (primary N) is 1. The number of hydrogen-bond donors (Lipinski definition) is 2. The van der Waals surface area contributed by atoms with Crippen LogP contribution in [-0.2, 0) is 33.9 Å². The molecule has 176 valence electrons. The molecule has 0 spiro atoms. The highest BCUT2D eigenvalue weighted by Crippen LogP contribution is 2.27. The second-order valence-electron chi connectivity index (χ2n) is 7.11. The fraction of sp³-hybridized carbons (Fsp3) is 0.238. The van der Waals surface area contributed by atoms with Crippen molar-refractivity contribution in [2.45, 2.75) is 37.3 Å². The monoisotopic (exact) mass is 498 g/mol. The molecule has 0 aliphatic heterocycles. The third kappa shape index (κ3) is 6.28. The molecule has 0 saturated heterocycles. The average molecular weight is 499 g/mol. The first kappa shape index (κ1) is 24.6. The Morgan fingerprint density at radius 2 is 1.97 bits per heavy atom. The molecular weight excluding hydrogens is 478 g/mol. The van der Waals surface area contributed by atoms with Gasteiger partial charge in [-0.05, 0) is 23.8 Å². The summed E-state index contributed by atoms with van der Waals surface area (Å²) in [7, 11) is -4.18. The first-order valence-corrected chi connectivity index (χ1v) is 11.7. The molecule has 0 fully saturated rings. The van der Waals surface area contributed by atoms with Crippen molar-refractivity contribution in [3.05, 3.63) is 71.0 Å². The van der Waals surface area contributed by atoms with Gasteiger partial charge in [-0.15, -0.1) is 0 Å². The molecule has 8 nitrogen and oxygen atoms in total. The van der Waals surface area contributed by atoms with Gasteiger partial charge in [-0.2, -0.15) is 13.9 Å². The summed E-state index contributed by atoms with van der Waals surface area (Å²) in [6.45, 7) is 1.04. The lowest BCUT2D eigenvalue weighted by Crippen LogP contribution is -2.22. The van der Waals surface area contributed by atoms with Crippen molar-refractivity contribution in [3.8, 4) is 5.75 Å². The summed E-state index contributed by atoms with van der Waals surface area (Å²) in [5.74, 6) is -0.377. The summed E-state index contributed by atoms with van der Waals surface area (Å²) in [5, 5.41) is 11.9. The Balaban J connectivity index is 1.74. The van der Waals surface area contributed by atoms with Crippen LogP contribution in [0.25, 0.3) is 0 Å². The van der Waals surface area contributed by atoms with E-state index in [2.05, 4.69) is 10.4 Å². The van der Waals surface area contributed by atoms with Crippen molar-refractivity contribution in [2.24, 2.45) is 5.14 Å². The molecule has 3 N–H and O–H groups in total. The Bertz CT molecular complexity index is 1260. The van der Waals surface area contributed by atoms with Gasteiger partial charge in [0.15, 0.2) is 5.75 Å². The number of sulfonamides is 1. The fourth-order valence-corrected chi connectivity index (χ4v) is 3.91. The minimum Gasteiger partial charge on any atom is -0.486 e. The quantitative estimate of drug-likeness (QED) is 0.464. The molecule has 0 aliphatic carbocycles. The minimum atomic E-state index is -4.18. The maximum Gasteiger partial charge on any atom is 0.343 e. The third-order valence-corrected chi connectivity index (χ3v) is 6.04. The minimum absolute atomic E-state index is 0.0123. The molecular formula is C21H21ClF2N4O4S. The van der Waals surface area contributed by atoms with Gasteiger partial charge in [0.05, 0.1) is 23.7 Å². The van der Waals surface area contributed by atoms with Gasteiger partial charge in [0.1, 0.15) is 6.61 Å². The number of ether oxygens (including phenoxy) is 1. The van der Waals surface area contributed by atoms with E-state index in [9.17, 15) is 22.0 Å². The van der Waals surface area contributed by atoms with E-state index >= 15 is 0 Å². The highest BCUT2D eigenvalue weighted by molar-refractivity contribution is 7.89. The van der Waals surface area contributed by atoms with Crippen LogP contribution < -0.4 is 15.2 Å². The molecule has 0 radical (unpaired) electrons. The van der Waals surface area contributed by atoms with Gasteiger partial charge < -0.3 is 10.1 Å². The van der Waals surface area contributed by atoms with Crippen LogP contribution in [0.4, 0.5) is 14.5 Å². The molecule has 3 rings (SSSR count). The standard InChI is InChI=1S/C21H21ClF2N4O4S/c1-2-21(23,24)28-12-17(11-26-28)32-13-15-7-8-16(10-19(15)33(25,30)31)27-20(29)9-14-5-3-4-6-18(14)22/h3-8,10-12H,2,9,13H2,1H3,(H,27,29)(H2,25,30,31). The number of primary sulfonamides is 1. The zero-order valence-corrected chi connectivity index (χ0v) is 19.0. The lowest BCUT2D eigenvalue weighted by atomic mass is 10.1. The van der Waals surface area contributed by atoms with E-state index in [1.807, 2.05) is 0 Å². The number of nitrogens with zero attached hydrogens (tertiary/aromatic N) is 2. The summed E-state index contributed by atoms with van der Waals surface area (Å²) in [6.07, 6.45) is 1.65. The smallest absolute Gasteiger partial charge is 0.343 e. The summed E-state index contributed by atoms with van der Waals surface area (Å²) in [5.41, 5.74) is 0.995. The molecule has 1 amide bonds. The Hall–Kier alpha value is -3.02. The molecule has 0 bridgehead atoms. The van der Waals surface area contributed by atoms with Gasteiger partial charge >= 0.3 is 6.05 Å². The predicted octanol–water partition coefficient (Wildman–Crippen LogP) is 3.90. The SMILES string of the molecule is CCC(F)(F)n1cc(OCc2ccc(NC(=O)Cc3ccccc3Cl)cc2S(N)(=O)=O)cn1. The Kier molecular flexibility index (Phi) is 7.35. The lowest BCUT2D eigenvalue weighted by molar-refractivity contribution is -0.115. The average Bonchev–Trinajstić information content (AvgIpc) is 3.24. The van der Waals surface area contributed by atoms with Crippen LogP contribution in [0.15, 0.2) is 59.8 Å². The number of benzene rings is 2. The van der Waals surface area contributed by atoms with Gasteiger partial charge in [0.2, 0.25) is 15.9 Å². The number of hydrogen-bond acceptors (Lipinski definition) is 5. The number of anilines is 1. The van der Waals surface area contributed by atoms with Crippen molar-refractivity contribution >= 4 is 33.2 Å². The zero-order valence-electron chi connectivity index (χ0n) is 17.5. The van der Waals surface area contributed by atoms with Crippen LogP contribution in [-0.4, -0.2) is 24.1 Å². The topological polar surface area (TPSA) is 116 Å². The molecule has 0 unspecified atom stereocenters. The van der Waals surface area contributed by atoms with Gasteiger partial charge in [0, 0.05) is 22.7 Å². The Morgan fingerprint density at radius 3 is 2.64 bits per heavy atom. The summed E-state index contributed by atoms with van der Waals surface area (Å²) >= 11 is 6.06. The van der Waals surface area contributed by atoms with Crippen LogP contribution in [0.1, 0.15) is 24.5 Å². The van der Waals surface area contributed by atoms with Crippen molar-refractivity contribution in [2.75, 3.05) is 5.32 Å². The van der Waals surface area contributed by atoms with E-state index < -0.39 is 28.4 Å². The molecule has 1 aromatic heterocycles. The number of amides is 1. The molecule has 0 atom stereocenters. The van der Waals surface area contributed by atoms with E-state index in [-0.39, 0.29) is 34.9 Å². The number of rotatable bonds is 9. The largest absolute Gasteiger partial charge is 0.486 e. The van der Waals surface area contributed by atoms with Gasteiger partial charge in [-0.1, -0.05) is 42.8 Å². The number of alkyl halides is 2. The summed E-state index contributed by atoms with van der Waals surface area (Å²) in [6, 6.07) is 7.77. The molecule has 1 heterocycles. The van der Waals surface area contributed by atoms with Crippen molar-refractivity contribution in [1.82, 2.24) is 9.78 Å². The predicted molar refractivity (Wildman–Crippen MR) is 119 cm³/mol. The van der Waals surface area contributed by atoms with Crippen LogP contribution in [0.2, 0.25) is 5.02 Å². The highest BCUT2D eigenvalue weighted by atomic mass is 35.5. The molecule has 0 aliphatic rings. The molecule has 33 heavy (non-hydrogen) atoms. The first-order chi connectivity index (χ1) is 15.5. The Labute approximate surface area is 194 Å². The maximum absolute atomic E-state index is 13.7. The second-order valence-corrected chi connectivity index (χ2v) is 9.05. The van der Waals surface area contributed by atoms with E-state index in [1.54, 1.807) is 24.3 Å². The van der Waals surface area contributed by atoms with Crippen LogP contribution in [0, 0.1) is 0 Å². The highest BCUT2D eigenvalue weighted by Gasteiger charge is 2.29. The van der Waals surface area contributed by atoms with E-state index in [4.69, 9.17) is 21.5 Å². The number of halogens is 3. The third-order valence-electron chi connectivity index (χ3n) is 4.68. The number of aromatic nitrogens is 2. The van der Waals surface area contributed by atoms with Crippen molar-refractivity contribution in [3.63, 3.8) is 0 Å². The van der Waals surface area contributed by atoms with Gasteiger partial charge in [-0.3, -0.25) is 4.79 Å². The van der Waals surface area contributed by atoms with E-state index in [0.29, 0.717) is 15.3 Å². The molecule has 12 heteroatoms. The second kappa shape index (κ2) is 9.86. The number of nitrogens with one attached hydrogen (secondary N) is 1. The maximum atomic E-state index is 13.7. The molecule has 3 aromatic rings. The van der Waals surface area contributed by atoms with E-state index in [0.717, 1.165) is 12.4 Å². The number of carbonyl (C=O) groups is 1. The summed E-state index contributed by atoms with van der Waals surface area (Å²) in [4.78, 5) is 12.1. The van der Waals surface area contributed by atoms with E-state index in [1.165, 1.54) is 25.1 Å². The number of carbonyl (C=O) groups excluding carboxylic acids is 1. The zero-order chi connectivity index (χ0) is 24.2. The van der Waals surface area contributed by atoms with Gasteiger partial charge in [0.25, 0.3) is 0 Å². The summed E-state index contributed by atoms with van der Waals surface area (Å²) < 4.78 is 57.5. The lowest BCUT2D eigenvalue weighted by Gasteiger charge is -2.13. The van der Waals surface area contributed by atoms with Gasteiger partial charge in [-0.25, -0.2) is 18.2 Å². The van der Waals surface area contributed by atoms with Crippen molar-refractivity contribution in [1.29, 1.82) is 0 Å². The van der Waals surface area contributed by atoms with Crippen molar-refractivity contribution < 1.29 is 26.7 Å². The molecule has 0 saturated carbocycles. The fourth-order valence-electron chi connectivity index (χ4n) is 2.92. The van der Waals surface area contributed by atoms with Crippen LogP contribution in [0.5, 0.6) is 5.75 Å².